The number of ether oxygens (including phenoxy) is 2. The molecule has 0 radical (unpaired) electrons. The third-order valence-corrected chi connectivity index (χ3v) is 2.39. The number of hydrogen-bond acceptors (Lipinski definition) is 3. The summed E-state index contributed by atoms with van der Waals surface area (Å²) >= 11 is 0. The van der Waals surface area contributed by atoms with E-state index in [1.54, 1.807) is 4.90 Å². The Morgan fingerprint density at radius 2 is 2.06 bits per heavy atom. The van der Waals surface area contributed by atoms with Gasteiger partial charge in [0.05, 0.1) is 18.8 Å². The summed E-state index contributed by atoms with van der Waals surface area (Å²) in [5.41, 5.74) is -0.421. The smallest absolute Gasteiger partial charge is 0.410 e. The average molecular weight is 229 g/mol. The summed E-state index contributed by atoms with van der Waals surface area (Å²) in [6.45, 7) is 11.0. The molecule has 4 nitrogen and oxygen atoms in total. The van der Waals surface area contributed by atoms with Gasteiger partial charge < -0.3 is 14.4 Å². The van der Waals surface area contributed by atoms with Gasteiger partial charge in [0.2, 0.25) is 0 Å². The van der Waals surface area contributed by atoms with E-state index >= 15 is 0 Å². The molecule has 1 amide bonds. The second-order valence-electron chi connectivity index (χ2n) is 5.50. The van der Waals surface area contributed by atoms with Gasteiger partial charge in [0, 0.05) is 6.54 Å². The molecule has 0 aromatic heterocycles. The minimum atomic E-state index is -0.421. The van der Waals surface area contributed by atoms with E-state index in [0.29, 0.717) is 6.61 Å². The lowest BCUT2D eigenvalue weighted by molar-refractivity contribution is -0.0382. The summed E-state index contributed by atoms with van der Waals surface area (Å²) in [5, 5.41) is 0. The molecule has 16 heavy (non-hydrogen) atoms. The normalized spacial score (nSPS) is 20.9. The van der Waals surface area contributed by atoms with Crippen LogP contribution in [0.25, 0.3) is 0 Å². The average Bonchev–Trinajstić information content (AvgIpc) is 1.96. The van der Waals surface area contributed by atoms with Crippen molar-refractivity contribution in [2.75, 3.05) is 13.2 Å². The van der Waals surface area contributed by atoms with Crippen LogP contribution in [0.4, 0.5) is 4.79 Å². The molecule has 1 saturated heterocycles. The Labute approximate surface area is 97.9 Å². The van der Waals surface area contributed by atoms with Crippen molar-refractivity contribution in [2.45, 2.75) is 58.8 Å². The van der Waals surface area contributed by atoms with Gasteiger partial charge in [-0.15, -0.1) is 0 Å². The Bertz CT molecular complexity index is 245. The number of carbonyl (C=O) groups is 1. The topological polar surface area (TPSA) is 38.8 Å². The highest BCUT2D eigenvalue weighted by Crippen LogP contribution is 2.21. The molecule has 0 N–H and O–H groups in total. The lowest BCUT2D eigenvalue weighted by Crippen LogP contribution is -2.54. The molecule has 1 fully saturated rings. The number of likely N-dealkylation sites (tertiary alicyclic amines) is 1. The van der Waals surface area contributed by atoms with Crippen LogP contribution in [-0.2, 0) is 9.47 Å². The van der Waals surface area contributed by atoms with E-state index in [1.165, 1.54) is 0 Å². The minimum Gasteiger partial charge on any atom is -0.444 e. The Morgan fingerprint density at radius 1 is 1.44 bits per heavy atom. The van der Waals surface area contributed by atoms with Crippen LogP contribution < -0.4 is 0 Å². The SMILES string of the molecule is CC(C)OC[C@@H]1CCN1C(=O)OC(C)(C)C. The molecule has 0 saturated carbocycles. The van der Waals surface area contributed by atoms with Crippen LogP contribution >= 0.6 is 0 Å². The fraction of sp³-hybridized carbons (Fsp3) is 0.917. The predicted octanol–water partition coefficient (Wildman–Crippen LogP) is 2.42. The molecule has 0 unspecified atom stereocenters. The van der Waals surface area contributed by atoms with Crippen LogP contribution in [0.2, 0.25) is 0 Å². The zero-order valence-corrected chi connectivity index (χ0v) is 10.9. The van der Waals surface area contributed by atoms with Crippen LogP contribution in [0.1, 0.15) is 41.0 Å². The fourth-order valence-corrected chi connectivity index (χ4v) is 1.48. The van der Waals surface area contributed by atoms with Crippen molar-refractivity contribution in [1.29, 1.82) is 0 Å². The van der Waals surface area contributed by atoms with Gasteiger partial charge in [-0.25, -0.2) is 4.79 Å². The molecule has 1 aliphatic heterocycles. The van der Waals surface area contributed by atoms with Crippen LogP contribution in [0.3, 0.4) is 0 Å². The zero-order chi connectivity index (χ0) is 12.3. The minimum absolute atomic E-state index is 0.192. The number of hydrogen-bond donors (Lipinski definition) is 0. The van der Waals surface area contributed by atoms with Crippen LogP contribution in [0.15, 0.2) is 0 Å². The van der Waals surface area contributed by atoms with Gasteiger partial charge in [0.15, 0.2) is 0 Å². The van der Waals surface area contributed by atoms with E-state index in [9.17, 15) is 4.79 Å². The maximum Gasteiger partial charge on any atom is 0.410 e. The third kappa shape index (κ3) is 4.00. The van der Waals surface area contributed by atoms with Gasteiger partial charge in [0.1, 0.15) is 5.60 Å². The summed E-state index contributed by atoms with van der Waals surface area (Å²) in [4.78, 5) is 13.5. The Kier molecular flexibility index (Phi) is 4.19. The second kappa shape index (κ2) is 5.04. The van der Waals surface area contributed by atoms with E-state index in [2.05, 4.69) is 0 Å². The molecule has 94 valence electrons. The maximum atomic E-state index is 11.7. The van der Waals surface area contributed by atoms with Gasteiger partial charge in [-0.3, -0.25) is 0 Å². The van der Waals surface area contributed by atoms with E-state index in [0.717, 1.165) is 13.0 Å². The molecule has 0 aliphatic carbocycles. The summed E-state index contributed by atoms with van der Waals surface area (Å²) in [6, 6.07) is 0.192. The first-order valence-corrected chi connectivity index (χ1v) is 5.91. The van der Waals surface area contributed by atoms with Crippen molar-refractivity contribution in [2.24, 2.45) is 0 Å². The molecule has 1 atom stereocenters. The highest BCUT2D eigenvalue weighted by molar-refractivity contribution is 5.69. The van der Waals surface area contributed by atoms with Crippen molar-refractivity contribution >= 4 is 6.09 Å². The van der Waals surface area contributed by atoms with Crippen molar-refractivity contribution in [3.05, 3.63) is 0 Å². The number of nitrogens with zero attached hydrogens (tertiary/aromatic N) is 1. The fourth-order valence-electron chi connectivity index (χ4n) is 1.48. The van der Waals surface area contributed by atoms with Crippen molar-refractivity contribution < 1.29 is 14.3 Å². The van der Waals surface area contributed by atoms with E-state index in [-0.39, 0.29) is 18.2 Å². The first-order chi connectivity index (χ1) is 7.29. The van der Waals surface area contributed by atoms with Gasteiger partial charge in [0.25, 0.3) is 0 Å². The summed E-state index contributed by atoms with van der Waals surface area (Å²) in [7, 11) is 0. The Hall–Kier alpha value is -0.770. The first-order valence-electron chi connectivity index (χ1n) is 5.91. The van der Waals surface area contributed by atoms with Crippen molar-refractivity contribution in [3.8, 4) is 0 Å². The Morgan fingerprint density at radius 3 is 2.44 bits per heavy atom. The molecule has 0 spiro atoms. The zero-order valence-electron chi connectivity index (χ0n) is 10.9. The molecule has 4 heteroatoms. The van der Waals surface area contributed by atoms with Crippen LogP contribution in [-0.4, -0.2) is 41.9 Å². The molecule has 0 aromatic rings. The molecule has 1 rings (SSSR count). The molecule has 1 aliphatic rings. The van der Waals surface area contributed by atoms with E-state index < -0.39 is 5.60 Å². The van der Waals surface area contributed by atoms with Crippen LogP contribution in [0, 0.1) is 0 Å². The largest absolute Gasteiger partial charge is 0.444 e. The first kappa shape index (κ1) is 13.3. The summed E-state index contributed by atoms with van der Waals surface area (Å²) in [6.07, 6.45) is 0.989. The molecular formula is C12H23NO3. The molecule has 1 heterocycles. The predicted molar refractivity (Wildman–Crippen MR) is 62.4 cm³/mol. The Balaban J connectivity index is 2.34. The van der Waals surface area contributed by atoms with Gasteiger partial charge in [-0.05, 0) is 41.0 Å². The quantitative estimate of drug-likeness (QED) is 0.746. The van der Waals surface area contributed by atoms with Crippen LogP contribution in [0.5, 0.6) is 0 Å². The molecule has 0 aromatic carbocycles. The van der Waals surface area contributed by atoms with E-state index in [1.807, 2.05) is 34.6 Å². The summed E-state index contributed by atoms with van der Waals surface area (Å²) in [5.74, 6) is 0. The van der Waals surface area contributed by atoms with Crippen molar-refractivity contribution in [1.82, 2.24) is 4.90 Å². The highest BCUT2D eigenvalue weighted by Gasteiger charge is 2.35. The van der Waals surface area contributed by atoms with Gasteiger partial charge >= 0.3 is 6.09 Å². The summed E-state index contributed by atoms with van der Waals surface area (Å²) < 4.78 is 10.8. The molecular weight excluding hydrogens is 206 g/mol. The lowest BCUT2D eigenvalue weighted by atomic mass is 10.1. The van der Waals surface area contributed by atoms with Gasteiger partial charge in [-0.2, -0.15) is 0 Å². The highest BCUT2D eigenvalue weighted by atomic mass is 16.6. The number of amides is 1. The third-order valence-electron chi connectivity index (χ3n) is 2.39. The molecule has 0 bridgehead atoms. The number of carbonyl (C=O) groups excluding carboxylic acids is 1. The maximum absolute atomic E-state index is 11.7. The lowest BCUT2D eigenvalue weighted by Gasteiger charge is -2.41. The monoisotopic (exact) mass is 229 g/mol. The van der Waals surface area contributed by atoms with Crippen molar-refractivity contribution in [3.63, 3.8) is 0 Å². The standard InChI is InChI=1S/C12H23NO3/c1-9(2)15-8-10-6-7-13(10)11(14)16-12(3,4)5/h9-10H,6-8H2,1-5H3/t10-/m0/s1. The number of rotatable bonds is 3. The van der Waals surface area contributed by atoms with Gasteiger partial charge in [-0.1, -0.05) is 0 Å². The second-order valence-corrected chi connectivity index (χ2v) is 5.50. The van der Waals surface area contributed by atoms with E-state index in [4.69, 9.17) is 9.47 Å².